The number of rotatable bonds is 3. The van der Waals surface area contributed by atoms with Crippen molar-refractivity contribution in [2.75, 3.05) is 5.73 Å². The number of nitrogens with zero attached hydrogens (tertiary/aromatic N) is 1. The Morgan fingerprint density at radius 1 is 1.19 bits per heavy atom. The van der Waals surface area contributed by atoms with Gasteiger partial charge in [-0.05, 0) is 36.4 Å². The van der Waals surface area contributed by atoms with Gasteiger partial charge in [0.2, 0.25) is 0 Å². The molecule has 3 rings (SSSR count). The number of fused-ring (bicyclic) bond motifs is 1. The molecular weight excluding hydrogens is 292 g/mol. The summed E-state index contributed by atoms with van der Waals surface area (Å²) in [5.41, 5.74) is 7.51. The van der Waals surface area contributed by atoms with Crippen LogP contribution in [0.5, 0.6) is 0 Å². The van der Waals surface area contributed by atoms with Crippen molar-refractivity contribution in [3.8, 4) is 0 Å². The molecule has 0 radical (unpaired) electrons. The molecule has 0 atom stereocenters. The maximum atomic E-state index is 12.2. The van der Waals surface area contributed by atoms with Crippen molar-refractivity contribution in [1.29, 1.82) is 0 Å². The Morgan fingerprint density at radius 3 is 2.62 bits per heavy atom. The van der Waals surface area contributed by atoms with Gasteiger partial charge in [0.05, 0.1) is 12.2 Å². The van der Waals surface area contributed by atoms with Gasteiger partial charge in [-0.1, -0.05) is 17.7 Å². The lowest BCUT2D eigenvalue weighted by Crippen LogP contribution is -2.20. The van der Waals surface area contributed by atoms with Crippen molar-refractivity contribution >= 4 is 34.2 Å². The number of oxazole rings is 1. The van der Waals surface area contributed by atoms with Crippen LogP contribution in [0.2, 0.25) is 5.02 Å². The second-order valence-electron chi connectivity index (χ2n) is 4.58. The molecule has 2 aromatic carbocycles. The number of anilines is 1. The Kier molecular flexibility index (Phi) is 3.27. The normalized spacial score (nSPS) is 10.9. The topological polar surface area (TPSA) is 78.2 Å². The average Bonchev–Trinajstić information content (AvgIpc) is 2.77. The van der Waals surface area contributed by atoms with E-state index in [2.05, 4.69) is 0 Å². The van der Waals surface area contributed by atoms with Crippen molar-refractivity contribution in [1.82, 2.24) is 4.57 Å². The molecule has 1 aromatic heterocycles. The maximum Gasteiger partial charge on any atom is 0.420 e. The van der Waals surface area contributed by atoms with Crippen LogP contribution in [0.3, 0.4) is 0 Å². The highest BCUT2D eigenvalue weighted by Gasteiger charge is 2.15. The van der Waals surface area contributed by atoms with Gasteiger partial charge in [0, 0.05) is 10.6 Å². The van der Waals surface area contributed by atoms with E-state index in [9.17, 15) is 9.59 Å². The zero-order valence-corrected chi connectivity index (χ0v) is 11.6. The highest BCUT2D eigenvalue weighted by molar-refractivity contribution is 6.30. The first kappa shape index (κ1) is 13.5. The van der Waals surface area contributed by atoms with Crippen LogP contribution in [-0.2, 0) is 6.54 Å². The predicted octanol–water partition coefficient (Wildman–Crippen LogP) is 2.71. The number of halogens is 1. The van der Waals surface area contributed by atoms with Crippen LogP contribution in [0.4, 0.5) is 5.69 Å². The summed E-state index contributed by atoms with van der Waals surface area (Å²) in [4.78, 5) is 24.1. The number of carbonyl (C=O) groups excluding carboxylic acids is 1. The lowest BCUT2D eigenvalue weighted by atomic mass is 10.1. The van der Waals surface area contributed by atoms with E-state index in [0.29, 0.717) is 27.4 Å². The number of nitrogens with two attached hydrogens (primary N) is 1. The van der Waals surface area contributed by atoms with E-state index >= 15 is 0 Å². The zero-order chi connectivity index (χ0) is 15.0. The fraction of sp³-hybridized carbons (Fsp3) is 0.0667. The minimum Gasteiger partial charge on any atom is -0.408 e. The average molecular weight is 303 g/mol. The van der Waals surface area contributed by atoms with E-state index in [1.807, 2.05) is 0 Å². The van der Waals surface area contributed by atoms with Gasteiger partial charge in [0.1, 0.15) is 5.52 Å². The molecule has 0 aliphatic carbocycles. The van der Waals surface area contributed by atoms with Crippen molar-refractivity contribution in [2.24, 2.45) is 0 Å². The van der Waals surface area contributed by atoms with Crippen LogP contribution < -0.4 is 11.5 Å². The third kappa shape index (κ3) is 2.43. The summed E-state index contributed by atoms with van der Waals surface area (Å²) in [7, 11) is 0. The van der Waals surface area contributed by atoms with E-state index in [0.717, 1.165) is 0 Å². The Balaban J connectivity index is 2.02. The van der Waals surface area contributed by atoms with Crippen molar-refractivity contribution in [3.63, 3.8) is 0 Å². The van der Waals surface area contributed by atoms with Gasteiger partial charge in [0.25, 0.3) is 0 Å². The monoisotopic (exact) mass is 302 g/mol. The lowest BCUT2D eigenvalue weighted by Gasteiger charge is -2.04. The fourth-order valence-corrected chi connectivity index (χ4v) is 2.29. The summed E-state index contributed by atoms with van der Waals surface area (Å²) in [6, 6.07) is 11.4. The number of aromatic nitrogens is 1. The lowest BCUT2D eigenvalue weighted by molar-refractivity contribution is 0.0970. The minimum atomic E-state index is -0.606. The first-order chi connectivity index (χ1) is 10.1. The maximum absolute atomic E-state index is 12.2. The quantitative estimate of drug-likeness (QED) is 0.596. The number of carbonyl (C=O) groups is 1. The molecule has 0 bridgehead atoms. The molecule has 0 amide bonds. The molecular formula is C15H11ClN2O3. The van der Waals surface area contributed by atoms with Crippen molar-refractivity contribution in [2.45, 2.75) is 6.54 Å². The largest absolute Gasteiger partial charge is 0.420 e. The SMILES string of the molecule is Nc1cccc2oc(=O)n(CC(=O)c3ccc(Cl)cc3)c12. The number of benzene rings is 2. The number of hydrogen-bond donors (Lipinski definition) is 1. The molecule has 0 saturated carbocycles. The standard InChI is InChI=1S/C15H11ClN2O3/c16-10-6-4-9(5-7-10)12(19)8-18-14-11(17)2-1-3-13(14)21-15(18)20/h1-7H,8,17H2. The van der Waals surface area contributed by atoms with Crippen LogP contribution in [-0.4, -0.2) is 10.4 Å². The first-order valence-corrected chi connectivity index (χ1v) is 6.60. The molecule has 0 fully saturated rings. The summed E-state index contributed by atoms with van der Waals surface area (Å²) in [5.74, 6) is -0.829. The van der Waals surface area contributed by atoms with Gasteiger partial charge in [0.15, 0.2) is 11.4 Å². The van der Waals surface area contributed by atoms with Crippen LogP contribution in [0, 0.1) is 0 Å². The van der Waals surface area contributed by atoms with Crippen molar-refractivity contribution < 1.29 is 9.21 Å². The molecule has 0 spiro atoms. The molecule has 0 saturated heterocycles. The molecule has 0 unspecified atom stereocenters. The van der Waals surface area contributed by atoms with E-state index in [1.165, 1.54) is 4.57 Å². The van der Waals surface area contributed by atoms with Gasteiger partial charge < -0.3 is 10.2 Å². The highest BCUT2D eigenvalue weighted by atomic mass is 35.5. The Labute approximate surface area is 124 Å². The number of nitrogen functional groups attached to an aromatic ring is 1. The second-order valence-corrected chi connectivity index (χ2v) is 5.01. The Hall–Kier alpha value is -2.53. The molecule has 106 valence electrons. The van der Waals surface area contributed by atoms with Gasteiger partial charge in [-0.25, -0.2) is 4.79 Å². The van der Waals surface area contributed by atoms with Crippen LogP contribution in [0.25, 0.3) is 11.1 Å². The Morgan fingerprint density at radius 2 is 1.90 bits per heavy atom. The van der Waals surface area contributed by atoms with E-state index in [1.54, 1.807) is 42.5 Å². The van der Waals surface area contributed by atoms with E-state index in [4.69, 9.17) is 21.8 Å². The van der Waals surface area contributed by atoms with Crippen LogP contribution >= 0.6 is 11.6 Å². The zero-order valence-electron chi connectivity index (χ0n) is 10.9. The summed E-state index contributed by atoms with van der Waals surface area (Å²) in [6.07, 6.45) is 0. The summed E-state index contributed by atoms with van der Waals surface area (Å²) in [5, 5.41) is 0.543. The van der Waals surface area contributed by atoms with E-state index < -0.39 is 5.76 Å². The van der Waals surface area contributed by atoms with Crippen LogP contribution in [0.15, 0.2) is 51.7 Å². The molecule has 6 heteroatoms. The van der Waals surface area contributed by atoms with Gasteiger partial charge >= 0.3 is 5.76 Å². The van der Waals surface area contributed by atoms with Gasteiger partial charge in [-0.2, -0.15) is 0 Å². The molecule has 0 aliphatic rings. The molecule has 1 heterocycles. The summed E-state index contributed by atoms with van der Waals surface area (Å²) in [6.45, 7) is -0.137. The number of hydrogen-bond acceptors (Lipinski definition) is 4. The van der Waals surface area contributed by atoms with E-state index in [-0.39, 0.29) is 12.3 Å². The predicted molar refractivity (Wildman–Crippen MR) is 80.7 cm³/mol. The molecule has 5 nitrogen and oxygen atoms in total. The second kappa shape index (κ2) is 5.10. The number of para-hydroxylation sites is 1. The fourth-order valence-electron chi connectivity index (χ4n) is 2.17. The molecule has 21 heavy (non-hydrogen) atoms. The van der Waals surface area contributed by atoms with Gasteiger partial charge in [-0.3, -0.25) is 9.36 Å². The van der Waals surface area contributed by atoms with Gasteiger partial charge in [-0.15, -0.1) is 0 Å². The molecule has 2 N–H and O–H groups in total. The minimum absolute atomic E-state index is 0.137. The Bertz CT molecular complexity index is 878. The number of ketones is 1. The number of Topliss-reactive ketones (excluding diaryl/α,β-unsaturated/α-hetero) is 1. The first-order valence-electron chi connectivity index (χ1n) is 6.23. The smallest absolute Gasteiger partial charge is 0.408 e. The third-order valence-electron chi connectivity index (χ3n) is 3.19. The molecule has 0 aliphatic heterocycles. The van der Waals surface area contributed by atoms with Crippen molar-refractivity contribution in [3.05, 3.63) is 63.6 Å². The summed E-state index contributed by atoms with van der Waals surface area (Å²) < 4.78 is 6.33. The molecule has 3 aromatic rings. The summed E-state index contributed by atoms with van der Waals surface area (Å²) >= 11 is 5.79. The third-order valence-corrected chi connectivity index (χ3v) is 3.44. The highest BCUT2D eigenvalue weighted by Crippen LogP contribution is 2.20. The van der Waals surface area contributed by atoms with Crippen LogP contribution in [0.1, 0.15) is 10.4 Å².